The van der Waals surface area contributed by atoms with Crippen LogP contribution in [0.25, 0.3) is 0 Å². The lowest BCUT2D eigenvalue weighted by Gasteiger charge is -2.12. The molecule has 0 bridgehead atoms. The van der Waals surface area contributed by atoms with Gasteiger partial charge in [-0.05, 0) is 20.8 Å². The van der Waals surface area contributed by atoms with Crippen LogP contribution < -0.4 is 4.57 Å². The number of hydrogen-bond donors (Lipinski definition) is 0. The van der Waals surface area contributed by atoms with Crippen molar-refractivity contribution in [2.75, 3.05) is 0 Å². The van der Waals surface area contributed by atoms with E-state index in [1.54, 1.807) is 0 Å². The zero-order valence-electron chi connectivity index (χ0n) is 6.50. The number of rotatable bonds is 0. The fourth-order valence-electron chi connectivity index (χ4n) is 0.728. The van der Waals surface area contributed by atoms with Crippen LogP contribution in [0.3, 0.4) is 0 Å². The van der Waals surface area contributed by atoms with Gasteiger partial charge in [0, 0.05) is 0 Å². The summed E-state index contributed by atoms with van der Waals surface area (Å²) in [5.74, 6) is 0. The Morgan fingerprint density at radius 1 is 1.40 bits per heavy atom. The van der Waals surface area contributed by atoms with Crippen LogP contribution in [0.2, 0.25) is 0 Å². The summed E-state index contributed by atoms with van der Waals surface area (Å²) in [5, 5.41) is 0. The number of imidazole rings is 1. The molecule has 56 valence electrons. The van der Waals surface area contributed by atoms with Crippen molar-refractivity contribution in [3.05, 3.63) is 18.7 Å². The van der Waals surface area contributed by atoms with Crippen LogP contribution >= 0.6 is 11.8 Å². The largest absolute Gasteiger partial charge is 0.261 e. The first-order chi connectivity index (χ1) is 4.50. The van der Waals surface area contributed by atoms with E-state index in [-0.39, 0.29) is 5.54 Å². The molecule has 0 atom stereocenters. The highest BCUT2D eigenvalue weighted by Gasteiger charge is 2.18. The zero-order valence-corrected chi connectivity index (χ0v) is 7.26. The predicted octanol–water partition coefficient (Wildman–Crippen LogP) is 1.53. The molecule has 1 rings (SSSR count). The fraction of sp³-hybridized carbons (Fsp3) is 0.571. The molecule has 0 saturated carbocycles. The van der Waals surface area contributed by atoms with Gasteiger partial charge in [0.25, 0.3) is 6.33 Å². The molecule has 0 aliphatic rings. The second kappa shape index (κ2) is 2.27. The van der Waals surface area contributed by atoms with Gasteiger partial charge in [0.2, 0.25) is 0 Å². The van der Waals surface area contributed by atoms with Gasteiger partial charge in [-0.3, -0.25) is 0 Å². The second-order valence-electron chi connectivity index (χ2n) is 3.34. The molecule has 1 heterocycles. The molecule has 0 N–H and O–H groups in total. The molecule has 0 aromatic carbocycles. The molecule has 0 aliphatic carbocycles. The van der Waals surface area contributed by atoms with Gasteiger partial charge in [-0.1, -0.05) is 0 Å². The summed E-state index contributed by atoms with van der Waals surface area (Å²) in [6.07, 6.45) is 5.61. The zero-order chi connectivity index (χ0) is 7.78. The minimum absolute atomic E-state index is 0.125. The van der Waals surface area contributed by atoms with E-state index >= 15 is 0 Å². The molecule has 3 heteroatoms. The van der Waals surface area contributed by atoms with Crippen molar-refractivity contribution >= 4 is 11.8 Å². The molecule has 0 spiro atoms. The Labute approximate surface area is 66.2 Å². The Balaban J connectivity index is 2.96. The Hall–Kier alpha value is -0.500. The molecule has 10 heavy (non-hydrogen) atoms. The van der Waals surface area contributed by atoms with Crippen LogP contribution in [0.5, 0.6) is 0 Å². The van der Waals surface area contributed by atoms with Crippen molar-refractivity contribution in [2.45, 2.75) is 26.3 Å². The molecule has 0 saturated heterocycles. The highest BCUT2D eigenvalue weighted by atomic mass is 35.5. The normalized spacial score (nSPS) is 12.0. The quantitative estimate of drug-likeness (QED) is 0.508. The minimum Gasteiger partial charge on any atom is -0.231 e. The molecule has 0 aliphatic heterocycles. The lowest BCUT2D eigenvalue weighted by Crippen LogP contribution is -2.48. The smallest absolute Gasteiger partial charge is 0.231 e. The van der Waals surface area contributed by atoms with E-state index in [1.165, 1.54) is 4.09 Å². The van der Waals surface area contributed by atoms with Gasteiger partial charge in [0.05, 0.1) is 0 Å². The van der Waals surface area contributed by atoms with Gasteiger partial charge in [0.15, 0.2) is 0 Å². The van der Waals surface area contributed by atoms with Gasteiger partial charge in [-0.15, -0.1) is 4.09 Å². The van der Waals surface area contributed by atoms with E-state index in [2.05, 4.69) is 25.3 Å². The maximum absolute atomic E-state index is 5.66. The molecule has 0 fully saturated rings. The number of aromatic nitrogens is 2. The predicted molar refractivity (Wildman–Crippen MR) is 40.9 cm³/mol. The fourth-order valence-corrected chi connectivity index (χ4v) is 0.873. The maximum atomic E-state index is 5.66. The van der Waals surface area contributed by atoms with Crippen molar-refractivity contribution in [3.63, 3.8) is 0 Å². The van der Waals surface area contributed by atoms with E-state index in [4.69, 9.17) is 11.8 Å². The summed E-state index contributed by atoms with van der Waals surface area (Å²) >= 11 is 5.66. The van der Waals surface area contributed by atoms with E-state index in [0.29, 0.717) is 0 Å². The lowest BCUT2D eigenvalue weighted by atomic mass is 10.1. The summed E-state index contributed by atoms with van der Waals surface area (Å²) in [5.41, 5.74) is 0.125. The highest BCUT2D eigenvalue weighted by molar-refractivity contribution is 6.15. The molecule has 1 aromatic rings. The molecular weight excluding hydrogens is 148 g/mol. The molecule has 2 nitrogen and oxygen atoms in total. The molecule has 1 aromatic heterocycles. The van der Waals surface area contributed by atoms with Gasteiger partial charge in [-0.25, -0.2) is 4.57 Å². The van der Waals surface area contributed by atoms with E-state index in [0.717, 1.165) is 0 Å². The third kappa shape index (κ3) is 1.51. The first kappa shape index (κ1) is 7.61. The summed E-state index contributed by atoms with van der Waals surface area (Å²) < 4.78 is 3.57. The summed E-state index contributed by atoms with van der Waals surface area (Å²) in [6.45, 7) is 6.39. The molecule has 0 radical (unpaired) electrons. The average molecular weight is 160 g/mol. The monoisotopic (exact) mass is 159 g/mol. The van der Waals surface area contributed by atoms with Crippen LogP contribution in [0.4, 0.5) is 0 Å². The third-order valence-corrected chi connectivity index (χ3v) is 1.58. The SMILES string of the molecule is CC(C)(C)[n+]1ccn(Cl)c1. The summed E-state index contributed by atoms with van der Waals surface area (Å²) in [4.78, 5) is 0. The molecule has 0 unspecified atom stereocenters. The first-order valence-corrected chi connectivity index (χ1v) is 3.60. The van der Waals surface area contributed by atoms with E-state index < -0.39 is 0 Å². The number of hydrogen-bond acceptors (Lipinski definition) is 0. The van der Waals surface area contributed by atoms with Crippen molar-refractivity contribution in [1.82, 2.24) is 4.09 Å². The van der Waals surface area contributed by atoms with Crippen LogP contribution in [0, 0.1) is 0 Å². The van der Waals surface area contributed by atoms with Crippen LogP contribution in [-0.2, 0) is 5.54 Å². The van der Waals surface area contributed by atoms with Crippen LogP contribution in [-0.4, -0.2) is 4.09 Å². The average Bonchev–Trinajstić information content (AvgIpc) is 2.11. The van der Waals surface area contributed by atoms with Gasteiger partial charge in [0.1, 0.15) is 29.7 Å². The standard InChI is InChI=1S/C7H12ClN2/c1-7(2,3)9-4-5-10(8)6-9/h4-6H,1-3H3/q+1. The summed E-state index contributed by atoms with van der Waals surface area (Å²) in [6, 6.07) is 0. The van der Waals surface area contributed by atoms with E-state index in [9.17, 15) is 0 Å². The van der Waals surface area contributed by atoms with Crippen molar-refractivity contribution in [2.24, 2.45) is 0 Å². The first-order valence-electron chi connectivity index (χ1n) is 3.26. The topological polar surface area (TPSA) is 8.81 Å². The van der Waals surface area contributed by atoms with Gasteiger partial charge < -0.3 is 0 Å². The Kier molecular flexibility index (Phi) is 1.73. The van der Waals surface area contributed by atoms with Gasteiger partial charge in [-0.2, -0.15) is 0 Å². The van der Waals surface area contributed by atoms with Crippen LogP contribution in [0.1, 0.15) is 20.8 Å². The minimum atomic E-state index is 0.125. The van der Waals surface area contributed by atoms with Crippen molar-refractivity contribution in [1.29, 1.82) is 0 Å². The van der Waals surface area contributed by atoms with Crippen molar-refractivity contribution in [3.8, 4) is 0 Å². The Morgan fingerprint density at radius 2 is 2.00 bits per heavy atom. The van der Waals surface area contributed by atoms with E-state index in [1.807, 2.05) is 18.7 Å². The highest BCUT2D eigenvalue weighted by Crippen LogP contribution is 2.02. The number of nitrogens with zero attached hydrogens (tertiary/aromatic N) is 2. The lowest BCUT2D eigenvalue weighted by molar-refractivity contribution is -0.753. The summed E-state index contributed by atoms with van der Waals surface area (Å²) in [7, 11) is 0. The maximum Gasteiger partial charge on any atom is 0.261 e. The molecule has 0 amide bonds. The Morgan fingerprint density at radius 3 is 2.20 bits per heavy atom. The van der Waals surface area contributed by atoms with Crippen LogP contribution in [0.15, 0.2) is 18.7 Å². The van der Waals surface area contributed by atoms with Crippen molar-refractivity contribution < 1.29 is 4.57 Å². The number of halogens is 1. The van der Waals surface area contributed by atoms with Gasteiger partial charge >= 0.3 is 0 Å². The second-order valence-corrected chi connectivity index (χ2v) is 3.73. The third-order valence-electron chi connectivity index (χ3n) is 1.38. The Bertz CT molecular complexity index is 222. The molecular formula is C7H12ClN2+.